The van der Waals surface area contributed by atoms with Crippen molar-refractivity contribution in [3.05, 3.63) is 109 Å². The Bertz CT molecular complexity index is 1440. The van der Waals surface area contributed by atoms with Gasteiger partial charge < -0.3 is 14.2 Å². The van der Waals surface area contributed by atoms with E-state index in [9.17, 15) is 14.4 Å². The first-order valence-corrected chi connectivity index (χ1v) is 28.9. The lowest BCUT2D eigenvalue weighted by Gasteiger charge is -2.18. The molecule has 6 nitrogen and oxygen atoms in total. The molecule has 0 N–H and O–H groups in total. The van der Waals surface area contributed by atoms with Gasteiger partial charge in [-0.3, -0.25) is 14.4 Å². The Morgan fingerprint density at radius 2 is 0.586 bits per heavy atom. The molecule has 0 amide bonds. The topological polar surface area (TPSA) is 78.9 Å². The monoisotopic (exact) mass is 971 g/mol. The third kappa shape index (κ3) is 55.0. The second kappa shape index (κ2) is 57.6. The Morgan fingerprint density at radius 1 is 0.300 bits per heavy atom. The van der Waals surface area contributed by atoms with Crippen LogP contribution in [-0.2, 0) is 28.6 Å². The highest BCUT2D eigenvalue weighted by Crippen LogP contribution is 2.15. The summed E-state index contributed by atoms with van der Waals surface area (Å²) in [6.45, 7) is 6.33. The molecule has 0 fully saturated rings. The fourth-order valence-electron chi connectivity index (χ4n) is 7.78. The van der Waals surface area contributed by atoms with Crippen LogP contribution in [0.4, 0.5) is 0 Å². The summed E-state index contributed by atoms with van der Waals surface area (Å²) in [4.78, 5) is 38.0. The molecule has 0 bridgehead atoms. The molecule has 0 saturated heterocycles. The van der Waals surface area contributed by atoms with Crippen molar-refractivity contribution in [3.63, 3.8) is 0 Å². The normalized spacial score (nSPS) is 12.9. The van der Waals surface area contributed by atoms with Crippen LogP contribution in [0.1, 0.15) is 258 Å². The van der Waals surface area contributed by atoms with E-state index in [0.717, 1.165) is 96.3 Å². The minimum atomic E-state index is -0.814. The van der Waals surface area contributed by atoms with E-state index in [0.29, 0.717) is 19.3 Å². The van der Waals surface area contributed by atoms with Crippen LogP contribution >= 0.6 is 0 Å². The summed E-state index contributed by atoms with van der Waals surface area (Å²) in [5, 5.41) is 0. The van der Waals surface area contributed by atoms with E-state index >= 15 is 0 Å². The molecule has 0 radical (unpaired) electrons. The highest BCUT2D eigenvalue weighted by Gasteiger charge is 2.19. The smallest absolute Gasteiger partial charge is 0.306 e. The molecule has 0 aromatic rings. The molecule has 0 aromatic carbocycles. The van der Waals surface area contributed by atoms with Crippen molar-refractivity contribution in [2.45, 2.75) is 264 Å². The van der Waals surface area contributed by atoms with Crippen LogP contribution in [0.5, 0.6) is 0 Å². The minimum absolute atomic E-state index is 0.105. The standard InChI is InChI=1S/C64H106O6/c1-4-7-10-13-16-19-22-24-25-26-27-28-29-30-31-32-33-34-35-36-37-38-39-41-42-45-48-51-54-57-63(66)69-60-61(59-68-62(65)56-53-50-47-44-21-18-15-12-9-6-3)70-64(67)58-55-52-49-46-43-40-23-20-17-14-11-8-5-2/h7-8,10-11,16-17,19-20,24-25,27-28,30-31,40,43,49,52,61H,4-6,9,12-15,18,21-23,26,29,32-39,41-42,44-48,50-51,53-60H2,1-3H3/b10-7-,11-8-,19-16-,20-17-,25-24-,28-27-,31-30-,43-40-,52-49-. The molecule has 6 heteroatoms. The quantitative estimate of drug-likeness (QED) is 0.0262. The van der Waals surface area contributed by atoms with E-state index in [1.54, 1.807) is 0 Å². The molecule has 0 aliphatic heterocycles. The van der Waals surface area contributed by atoms with E-state index < -0.39 is 12.1 Å². The highest BCUT2D eigenvalue weighted by molar-refractivity contribution is 5.71. The van der Waals surface area contributed by atoms with Gasteiger partial charge in [0, 0.05) is 19.3 Å². The lowest BCUT2D eigenvalue weighted by atomic mass is 10.0. The number of allylic oxidation sites excluding steroid dienone is 18. The van der Waals surface area contributed by atoms with Crippen LogP contribution in [0.2, 0.25) is 0 Å². The minimum Gasteiger partial charge on any atom is -0.462 e. The number of rotatable bonds is 51. The maximum atomic E-state index is 12.8. The highest BCUT2D eigenvalue weighted by atomic mass is 16.6. The molecule has 0 aromatic heterocycles. The number of hydrogen-bond donors (Lipinski definition) is 0. The average Bonchev–Trinajstić information content (AvgIpc) is 3.36. The second-order valence-corrected chi connectivity index (χ2v) is 18.8. The van der Waals surface area contributed by atoms with E-state index in [1.165, 1.54) is 116 Å². The van der Waals surface area contributed by atoms with Gasteiger partial charge in [0.2, 0.25) is 0 Å². The van der Waals surface area contributed by atoms with E-state index in [-0.39, 0.29) is 31.6 Å². The summed E-state index contributed by atoms with van der Waals surface area (Å²) in [6.07, 6.45) is 78.3. The van der Waals surface area contributed by atoms with Crippen LogP contribution in [0.3, 0.4) is 0 Å². The molecule has 0 rings (SSSR count). The zero-order chi connectivity index (χ0) is 50.7. The van der Waals surface area contributed by atoms with Crippen molar-refractivity contribution in [1.29, 1.82) is 0 Å². The molecule has 0 spiro atoms. The zero-order valence-corrected chi connectivity index (χ0v) is 45.5. The SMILES string of the molecule is CC/C=C\C/C=C\C/C=C\C/C=C\C/C=C\CCCCCCCCCCCCCCCC(=O)OCC(COC(=O)CCCCCCCCCCCC)OC(=O)CC/C=C\C/C=C\C/C=C\C/C=C\CC. The Balaban J connectivity index is 4.21. The molecule has 1 unspecified atom stereocenters. The van der Waals surface area contributed by atoms with Crippen molar-refractivity contribution in [3.8, 4) is 0 Å². The van der Waals surface area contributed by atoms with Gasteiger partial charge in [0.1, 0.15) is 13.2 Å². The lowest BCUT2D eigenvalue weighted by Crippen LogP contribution is -2.30. The molecule has 0 heterocycles. The second-order valence-electron chi connectivity index (χ2n) is 18.8. The molecule has 1 atom stereocenters. The van der Waals surface area contributed by atoms with E-state index in [4.69, 9.17) is 14.2 Å². The van der Waals surface area contributed by atoms with Crippen molar-refractivity contribution in [1.82, 2.24) is 0 Å². The number of unbranched alkanes of at least 4 members (excludes halogenated alkanes) is 22. The molecule has 0 saturated carbocycles. The van der Waals surface area contributed by atoms with Crippen LogP contribution in [0.25, 0.3) is 0 Å². The molecular formula is C64H106O6. The van der Waals surface area contributed by atoms with Crippen molar-refractivity contribution >= 4 is 17.9 Å². The predicted molar refractivity (Wildman–Crippen MR) is 302 cm³/mol. The van der Waals surface area contributed by atoms with Gasteiger partial charge in [-0.25, -0.2) is 0 Å². The first kappa shape index (κ1) is 66.1. The van der Waals surface area contributed by atoms with Crippen LogP contribution in [0, 0.1) is 0 Å². The summed E-state index contributed by atoms with van der Waals surface area (Å²) < 4.78 is 16.7. The molecule has 0 aliphatic carbocycles. The summed E-state index contributed by atoms with van der Waals surface area (Å²) >= 11 is 0. The Morgan fingerprint density at radius 3 is 0.929 bits per heavy atom. The Labute approximate surface area is 431 Å². The molecule has 70 heavy (non-hydrogen) atoms. The largest absolute Gasteiger partial charge is 0.462 e. The third-order valence-electron chi connectivity index (χ3n) is 12.0. The summed E-state index contributed by atoms with van der Waals surface area (Å²) in [5.74, 6) is -0.990. The summed E-state index contributed by atoms with van der Waals surface area (Å²) in [5.41, 5.74) is 0. The fraction of sp³-hybridized carbons (Fsp3) is 0.672. The molecule has 398 valence electrons. The predicted octanol–water partition coefficient (Wildman–Crippen LogP) is 19.5. The van der Waals surface area contributed by atoms with Crippen LogP contribution in [0.15, 0.2) is 109 Å². The zero-order valence-electron chi connectivity index (χ0n) is 45.5. The van der Waals surface area contributed by atoms with Crippen molar-refractivity contribution in [2.75, 3.05) is 13.2 Å². The van der Waals surface area contributed by atoms with E-state index in [2.05, 4.69) is 118 Å². The van der Waals surface area contributed by atoms with Gasteiger partial charge in [-0.15, -0.1) is 0 Å². The van der Waals surface area contributed by atoms with Crippen LogP contribution < -0.4 is 0 Å². The number of carbonyl (C=O) groups excluding carboxylic acids is 3. The number of ether oxygens (including phenoxy) is 3. The lowest BCUT2D eigenvalue weighted by molar-refractivity contribution is -0.166. The van der Waals surface area contributed by atoms with Gasteiger partial charge in [-0.2, -0.15) is 0 Å². The van der Waals surface area contributed by atoms with Gasteiger partial charge >= 0.3 is 17.9 Å². The number of carbonyl (C=O) groups is 3. The Kier molecular flexibility index (Phi) is 54.4. The maximum Gasteiger partial charge on any atom is 0.306 e. The van der Waals surface area contributed by atoms with Gasteiger partial charge in [0.15, 0.2) is 6.10 Å². The number of hydrogen-bond acceptors (Lipinski definition) is 6. The fourth-order valence-corrected chi connectivity index (χ4v) is 7.78. The average molecular weight is 972 g/mol. The number of esters is 3. The van der Waals surface area contributed by atoms with Gasteiger partial charge in [0.25, 0.3) is 0 Å². The van der Waals surface area contributed by atoms with E-state index in [1.807, 2.05) is 12.2 Å². The summed E-state index contributed by atoms with van der Waals surface area (Å²) in [6, 6.07) is 0. The van der Waals surface area contributed by atoms with Gasteiger partial charge in [0.05, 0.1) is 0 Å². The Hall–Kier alpha value is -3.93. The van der Waals surface area contributed by atoms with Crippen LogP contribution in [-0.4, -0.2) is 37.2 Å². The first-order valence-electron chi connectivity index (χ1n) is 28.9. The first-order chi connectivity index (χ1) is 34.5. The molecule has 0 aliphatic rings. The van der Waals surface area contributed by atoms with Gasteiger partial charge in [-0.1, -0.05) is 259 Å². The maximum absolute atomic E-state index is 12.8. The third-order valence-corrected chi connectivity index (χ3v) is 12.0. The van der Waals surface area contributed by atoms with Crippen molar-refractivity contribution in [2.24, 2.45) is 0 Å². The van der Waals surface area contributed by atoms with Crippen molar-refractivity contribution < 1.29 is 28.6 Å². The van der Waals surface area contributed by atoms with Gasteiger partial charge in [-0.05, 0) is 89.9 Å². The summed E-state index contributed by atoms with van der Waals surface area (Å²) in [7, 11) is 0. The molecular weight excluding hydrogens is 865 g/mol.